The number of benzene rings is 2. The van der Waals surface area contributed by atoms with Crippen LogP contribution in [0, 0.1) is 0 Å². The number of halogens is 3. The van der Waals surface area contributed by atoms with E-state index in [1.54, 1.807) is 12.1 Å². The number of amides is 4. The lowest BCUT2D eigenvalue weighted by Gasteiger charge is -2.13. The van der Waals surface area contributed by atoms with E-state index in [0.717, 1.165) is 4.90 Å². The Morgan fingerprint density at radius 1 is 1.07 bits per heavy atom. The molecule has 0 atom stereocenters. The van der Waals surface area contributed by atoms with Crippen LogP contribution in [0.1, 0.15) is 15.9 Å². The van der Waals surface area contributed by atoms with Gasteiger partial charge < -0.3 is 15.4 Å². The molecule has 1 aliphatic rings. The molecule has 156 valence electrons. The molecule has 1 saturated heterocycles. The summed E-state index contributed by atoms with van der Waals surface area (Å²) >= 11 is 17.7. The summed E-state index contributed by atoms with van der Waals surface area (Å²) in [5.74, 6) is -1.73. The largest absolute Gasteiger partial charge is 0.452 e. The number of esters is 1. The zero-order valence-corrected chi connectivity index (χ0v) is 17.5. The van der Waals surface area contributed by atoms with Crippen molar-refractivity contribution in [2.24, 2.45) is 0 Å². The number of hydrogen-bond donors (Lipinski definition) is 2. The Balaban J connectivity index is 1.58. The average molecular weight is 471 g/mol. The fraction of sp³-hybridized carbons (Fsp3) is 0.158. The molecule has 3 rings (SSSR count). The topological polar surface area (TPSA) is 105 Å². The predicted octanol–water partition coefficient (Wildman–Crippen LogP) is 3.49. The predicted molar refractivity (Wildman–Crippen MR) is 111 cm³/mol. The smallest absolute Gasteiger partial charge is 0.338 e. The van der Waals surface area contributed by atoms with Crippen molar-refractivity contribution in [3.05, 3.63) is 62.6 Å². The highest BCUT2D eigenvalue weighted by atomic mass is 35.5. The van der Waals surface area contributed by atoms with Gasteiger partial charge in [0.25, 0.3) is 5.91 Å². The first-order chi connectivity index (χ1) is 14.2. The zero-order chi connectivity index (χ0) is 21.8. The van der Waals surface area contributed by atoms with E-state index in [0.29, 0.717) is 5.56 Å². The molecule has 4 amide bonds. The highest BCUT2D eigenvalue weighted by Crippen LogP contribution is 2.32. The standard InChI is InChI=1S/C19H14Cl3N3O5/c20-12-5-14(22)15(6-13(12)21)24-16(26)9-30-18(28)11-3-1-2-10(4-11)8-25-17(27)7-23-19(25)29/h1-6H,7-9H2,(H,23,29)(H,24,26). The maximum Gasteiger partial charge on any atom is 0.338 e. The summed E-state index contributed by atoms with van der Waals surface area (Å²) in [5, 5.41) is 5.51. The van der Waals surface area contributed by atoms with Crippen molar-refractivity contribution < 1.29 is 23.9 Å². The monoisotopic (exact) mass is 469 g/mol. The highest BCUT2D eigenvalue weighted by molar-refractivity contribution is 6.44. The number of ether oxygens (including phenoxy) is 1. The Morgan fingerprint density at radius 3 is 2.50 bits per heavy atom. The number of anilines is 1. The van der Waals surface area contributed by atoms with E-state index in [-0.39, 0.29) is 45.3 Å². The molecule has 2 N–H and O–H groups in total. The van der Waals surface area contributed by atoms with E-state index in [2.05, 4.69) is 10.6 Å². The van der Waals surface area contributed by atoms with Gasteiger partial charge in [0.2, 0.25) is 5.91 Å². The van der Waals surface area contributed by atoms with Crippen LogP contribution in [0.15, 0.2) is 36.4 Å². The van der Waals surface area contributed by atoms with Crippen LogP contribution in [0.4, 0.5) is 10.5 Å². The number of carbonyl (C=O) groups excluding carboxylic acids is 4. The van der Waals surface area contributed by atoms with Crippen molar-refractivity contribution in [3.63, 3.8) is 0 Å². The second kappa shape index (κ2) is 9.34. The molecule has 0 saturated carbocycles. The van der Waals surface area contributed by atoms with E-state index < -0.39 is 24.5 Å². The van der Waals surface area contributed by atoms with Gasteiger partial charge in [-0.15, -0.1) is 0 Å². The molecule has 1 heterocycles. The van der Waals surface area contributed by atoms with Gasteiger partial charge in [0.1, 0.15) is 0 Å². The third-order valence-electron chi connectivity index (χ3n) is 4.06. The maximum atomic E-state index is 12.3. The normalized spacial score (nSPS) is 13.2. The number of hydrogen-bond acceptors (Lipinski definition) is 5. The number of urea groups is 1. The van der Waals surface area contributed by atoms with Crippen molar-refractivity contribution in [2.75, 3.05) is 18.5 Å². The van der Waals surface area contributed by atoms with Gasteiger partial charge in [0.15, 0.2) is 6.61 Å². The molecule has 11 heteroatoms. The van der Waals surface area contributed by atoms with Gasteiger partial charge in [-0.3, -0.25) is 14.5 Å². The molecule has 2 aromatic carbocycles. The summed E-state index contributed by atoms with van der Waals surface area (Å²) in [5.41, 5.74) is 0.949. The van der Waals surface area contributed by atoms with Crippen molar-refractivity contribution in [1.29, 1.82) is 0 Å². The SMILES string of the molecule is O=C(COC(=O)c1cccc(CN2C(=O)CNC2=O)c1)Nc1cc(Cl)c(Cl)cc1Cl. The fourth-order valence-electron chi connectivity index (χ4n) is 2.61. The van der Waals surface area contributed by atoms with E-state index in [1.165, 1.54) is 24.3 Å². The van der Waals surface area contributed by atoms with Crippen LogP contribution in [0.2, 0.25) is 15.1 Å². The molecule has 0 bridgehead atoms. The number of imide groups is 1. The summed E-state index contributed by atoms with van der Waals surface area (Å²) in [6, 6.07) is 8.48. The molecule has 0 aromatic heterocycles. The Morgan fingerprint density at radius 2 is 1.80 bits per heavy atom. The zero-order valence-electron chi connectivity index (χ0n) is 15.2. The minimum atomic E-state index is -0.746. The van der Waals surface area contributed by atoms with Gasteiger partial charge >= 0.3 is 12.0 Å². The molecule has 1 fully saturated rings. The fourth-order valence-corrected chi connectivity index (χ4v) is 3.21. The van der Waals surface area contributed by atoms with Gasteiger partial charge in [0.05, 0.1) is 39.4 Å². The molecule has 30 heavy (non-hydrogen) atoms. The van der Waals surface area contributed by atoms with Crippen LogP contribution in [-0.2, 0) is 20.9 Å². The first-order valence-corrected chi connectivity index (χ1v) is 9.66. The van der Waals surface area contributed by atoms with Crippen molar-refractivity contribution >= 4 is 64.3 Å². The number of nitrogens with one attached hydrogen (secondary N) is 2. The summed E-state index contributed by atoms with van der Waals surface area (Å²) in [4.78, 5) is 48.7. The Bertz CT molecular complexity index is 1030. The van der Waals surface area contributed by atoms with Crippen LogP contribution >= 0.6 is 34.8 Å². The van der Waals surface area contributed by atoms with Crippen molar-refractivity contribution in [3.8, 4) is 0 Å². The molecule has 8 nitrogen and oxygen atoms in total. The average Bonchev–Trinajstić information content (AvgIpc) is 3.02. The maximum absolute atomic E-state index is 12.3. The van der Waals surface area contributed by atoms with Crippen molar-refractivity contribution in [1.82, 2.24) is 10.2 Å². The van der Waals surface area contributed by atoms with Crippen LogP contribution < -0.4 is 10.6 Å². The van der Waals surface area contributed by atoms with Crippen LogP contribution in [0.25, 0.3) is 0 Å². The second-order valence-corrected chi connectivity index (χ2v) is 7.43. The minimum Gasteiger partial charge on any atom is -0.452 e. The highest BCUT2D eigenvalue weighted by Gasteiger charge is 2.28. The van der Waals surface area contributed by atoms with Crippen LogP contribution in [-0.4, -0.2) is 41.9 Å². The van der Waals surface area contributed by atoms with E-state index >= 15 is 0 Å². The van der Waals surface area contributed by atoms with Crippen LogP contribution in [0.3, 0.4) is 0 Å². The quantitative estimate of drug-likeness (QED) is 0.382. The third kappa shape index (κ3) is 5.21. The van der Waals surface area contributed by atoms with E-state index in [9.17, 15) is 19.2 Å². The molecular weight excluding hydrogens is 457 g/mol. The lowest BCUT2D eigenvalue weighted by molar-refractivity contribution is -0.125. The van der Waals surface area contributed by atoms with Gasteiger partial charge in [-0.25, -0.2) is 9.59 Å². The van der Waals surface area contributed by atoms with Gasteiger partial charge in [-0.05, 0) is 29.8 Å². The minimum absolute atomic E-state index is 0.0160. The molecular formula is C19H14Cl3N3O5. The molecule has 0 unspecified atom stereocenters. The Hall–Kier alpha value is -2.81. The first kappa shape index (κ1) is 21.9. The van der Waals surface area contributed by atoms with E-state index in [1.807, 2.05) is 0 Å². The van der Waals surface area contributed by atoms with Gasteiger partial charge in [0, 0.05) is 0 Å². The molecule has 0 spiro atoms. The Labute approximate surface area is 186 Å². The Kier molecular flexibility index (Phi) is 6.81. The molecule has 0 aliphatic carbocycles. The lowest BCUT2D eigenvalue weighted by Crippen LogP contribution is -2.30. The summed E-state index contributed by atoms with van der Waals surface area (Å²) < 4.78 is 5.01. The summed E-state index contributed by atoms with van der Waals surface area (Å²) in [7, 11) is 0. The van der Waals surface area contributed by atoms with Gasteiger partial charge in [-0.2, -0.15) is 0 Å². The van der Waals surface area contributed by atoms with Crippen LogP contribution in [0.5, 0.6) is 0 Å². The molecule has 1 aliphatic heterocycles. The number of carbonyl (C=O) groups is 4. The van der Waals surface area contributed by atoms with Gasteiger partial charge in [-0.1, -0.05) is 46.9 Å². The third-order valence-corrected chi connectivity index (χ3v) is 5.09. The van der Waals surface area contributed by atoms with E-state index in [4.69, 9.17) is 39.5 Å². The molecule has 2 aromatic rings. The number of rotatable bonds is 6. The second-order valence-electron chi connectivity index (χ2n) is 6.21. The molecule has 0 radical (unpaired) electrons. The van der Waals surface area contributed by atoms with Crippen molar-refractivity contribution in [2.45, 2.75) is 6.54 Å². The lowest BCUT2D eigenvalue weighted by atomic mass is 10.1. The summed E-state index contributed by atoms with van der Waals surface area (Å²) in [6.45, 7) is -0.604. The number of nitrogens with zero attached hydrogens (tertiary/aromatic N) is 1. The first-order valence-electron chi connectivity index (χ1n) is 8.53. The summed E-state index contributed by atoms with van der Waals surface area (Å²) in [6.07, 6.45) is 0.